The molecule has 0 aromatic carbocycles. The van der Waals surface area contributed by atoms with Gasteiger partial charge in [0, 0.05) is 63.7 Å². The zero-order chi connectivity index (χ0) is 53.1. The summed E-state index contributed by atoms with van der Waals surface area (Å²) in [4.78, 5) is 28.9. The number of rotatable bonds is 4. The summed E-state index contributed by atoms with van der Waals surface area (Å²) in [7, 11) is 1.96. The number of cyclic esters (lactones) is 1. The Hall–Kier alpha value is -3.52. The molecule has 4 rings (SSSR count). The van der Waals surface area contributed by atoms with Gasteiger partial charge in [-0.1, -0.05) is 98.9 Å². The number of allylic oxidation sites excluding steroid dienone is 12. The number of hydrogen-bond donors (Lipinski definition) is 12. The van der Waals surface area contributed by atoms with Gasteiger partial charge in [0.25, 0.3) is 0 Å². The number of fused-ring (bicyclic) bond motifs is 2. The predicted octanol–water partition coefficient (Wildman–Crippen LogP) is -0.0943. The fourth-order valence-corrected chi connectivity index (χ4v) is 9.14. The first-order valence-corrected chi connectivity index (χ1v) is 25.3. The molecule has 13 N–H and O–H groups in total. The largest absolute Gasteiger partial charge is 0.462 e. The highest BCUT2D eigenvalue weighted by molar-refractivity contribution is 5.79. The van der Waals surface area contributed by atoms with E-state index in [4.69, 9.17) is 24.7 Å². The molecular weight excluding hydrogens is 937 g/mol. The SMILES string of the molecule is C[C@@H]1[C@H](O)[C@@H](C)\C=C/C=C/C=C/C=C/C=C/C=C/C=C/[C@H](O[C@@H]2O[C@H](C)[C@@H](O)[C@H](N)[C@@H]2O)C[C@@H]2O[C@](O)(C[C@@H](O)C[C@@H](O)[C@H](O)CC[C@@H](O)C[C@@H](O)CC(=O)O[C@H]1C)C[C@H](O)[C@H]2C(=O)NN1CCN(C)CC1. The van der Waals surface area contributed by atoms with Gasteiger partial charge < -0.3 is 80.6 Å². The summed E-state index contributed by atoms with van der Waals surface area (Å²) in [6.07, 6.45) is 4.89. The van der Waals surface area contributed by atoms with Gasteiger partial charge in [-0.25, -0.2) is 5.01 Å². The van der Waals surface area contributed by atoms with E-state index in [2.05, 4.69) is 10.3 Å². The number of nitrogens with zero attached hydrogens (tertiary/aromatic N) is 2. The molecule has 0 unspecified atom stereocenters. The molecule has 4 aliphatic rings. The summed E-state index contributed by atoms with van der Waals surface area (Å²) in [6.45, 7) is 9.16. The molecule has 19 atom stereocenters. The van der Waals surface area contributed by atoms with Crippen LogP contribution in [-0.2, 0) is 28.5 Å². The van der Waals surface area contributed by atoms with Crippen LogP contribution in [0, 0.1) is 17.8 Å². The molecule has 0 spiro atoms. The maximum absolute atomic E-state index is 14.1. The lowest BCUT2D eigenvalue weighted by molar-refractivity contribution is -0.307. The van der Waals surface area contributed by atoms with Crippen LogP contribution in [0.25, 0.3) is 0 Å². The number of piperazine rings is 1. The Morgan fingerprint density at radius 3 is 1.88 bits per heavy atom. The molecule has 0 aliphatic carbocycles. The zero-order valence-electron chi connectivity index (χ0n) is 42.4. The second-order valence-corrected chi connectivity index (χ2v) is 20.0. The molecule has 20 nitrogen and oxygen atoms in total. The van der Waals surface area contributed by atoms with Crippen molar-refractivity contribution in [2.75, 3.05) is 33.2 Å². The van der Waals surface area contributed by atoms with Gasteiger partial charge in [-0.3, -0.25) is 15.0 Å². The van der Waals surface area contributed by atoms with Gasteiger partial charge in [0.15, 0.2) is 12.1 Å². The number of carbonyl (C=O) groups is 2. The van der Waals surface area contributed by atoms with Crippen LogP contribution in [0.1, 0.15) is 79.1 Å². The van der Waals surface area contributed by atoms with Crippen molar-refractivity contribution in [2.45, 2.75) is 177 Å². The summed E-state index contributed by atoms with van der Waals surface area (Å²) < 4.78 is 23.9. The topological polar surface area (TPSA) is 318 Å². The van der Waals surface area contributed by atoms with Crippen LogP contribution in [-0.4, -0.2) is 204 Å². The average molecular weight is 1020 g/mol. The first-order valence-electron chi connectivity index (χ1n) is 25.3. The minimum Gasteiger partial charge on any atom is -0.462 e. The molecule has 4 aliphatic heterocycles. The van der Waals surface area contributed by atoms with Crippen molar-refractivity contribution in [3.8, 4) is 0 Å². The average Bonchev–Trinajstić information content (AvgIpc) is 3.30. The van der Waals surface area contributed by atoms with Crippen molar-refractivity contribution in [3.05, 3.63) is 85.1 Å². The zero-order valence-corrected chi connectivity index (χ0v) is 42.4. The molecule has 0 saturated carbocycles. The van der Waals surface area contributed by atoms with Crippen LogP contribution >= 0.6 is 0 Å². The Kier molecular flexibility index (Phi) is 25.5. The monoisotopic (exact) mass is 1020 g/mol. The first kappa shape index (κ1) is 61.0. The van der Waals surface area contributed by atoms with Crippen LogP contribution in [0.2, 0.25) is 0 Å². The molecule has 1 amide bonds. The maximum atomic E-state index is 14.1. The minimum absolute atomic E-state index is 0.0922. The third-order valence-corrected chi connectivity index (χ3v) is 13.8. The molecular formula is C52H84N4O16. The number of hydrazine groups is 1. The smallest absolute Gasteiger partial charge is 0.308 e. The Labute approximate surface area is 424 Å². The van der Waals surface area contributed by atoms with E-state index in [9.17, 15) is 60.7 Å². The van der Waals surface area contributed by atoms with Gasteiger partial charge in [-0.2, -0.15) is 0 Å². The van der Waals surface area contributed by atoms with Crippen LogP contribution in [0.5, 0.6) is 0 Å². The van der Waals surface area contributed by atoms with Crippen LogP contribution in [0.4, 0.5) is 0 Å². The maximum Gasteiger partial charge on any atom is 0.308 e. The Balaban J connectivity index is 1.60. The Morgan fingerprint density at radius 1 is 0.681 bits per heavy atom. The molecule has 408 valence electrons. The van der Waals surface area contributed by atoms with E-state index >= 15 is 0 Å². The molecule has 3 saturated heterocycles. The third-order valence-electron chi connectivity index (χ3n) is 13.8. The van der Waals surface area contributed by atoms with Crippen molar-refractivity contribution in [1.82, 2.24) is 15.3 Å². The van der Waals surface area contributed by atoms with E-state index in [0.29, 0.717) is 26.2 Å². The van der Waals surface area contributed by atoms with Crippen LogP contribution in [0.3, 0.4) is 0 Å². The highest BCUT2D eigenvalue weighted by atomic mass is 16.7. The first-order chi connectivity index (χ1) is 34.1. The van der Waals surface area contributed by atoms with Gasteiger partial charge in [-0.15, -0.1) is 0 Å². The van der Waals surface area contributed by atoms with E-state index < -0.39 is 147 Å². The quantitative estimate of drug-likeness (QED) is 0.164. The summed E-state index contributed by atoms with van der Waals surface area (Å²) in [6, 6.07) is -1.13. The Morgan fingerprint density at radius 2 is 1.26 bits per heavy atom. The van der Waals surface area contributed by atoms with Crippen molar-refractivity contribution in [1.29, 1.82) is 0 Å². The Bertz CT molecular complexity index is 1860. The van der Waals surface area contributed by atoms with Crippen molar-refractivity contribution < 1.29 is 79.6 Å². The number of likely N-dealkylation sites (N-methyl/N-ethyl adjacent to an activating group) is 1. The molecule has 0 aromatic rings. The molecule has 0 radical (unpaired) electrons. The van der Waals surface area contributed by atoms with Gasteiger partial charge >= 0.3 is 5.97 Å². The number of amides is 1. The number of nitrogens with one attached hydrogen (secondary N) is 1. The molecule has 72 heavy (non-hydrogen) atoms. The molecule has 4 heterocycles. The number of aliphatic hydroxyl groups excluding tert-OH is 9. The second-order valence-electron chi connectivity index (χ2n) is 20.0. The lowest BCUT2D eigenvalue weighted by Crippen LogP contribution is -2.62. The van der Waals surface area contributed by atoms with Crippen molar-refractivity contribution in [3.63, 3.8) is 0 Å². The molecule has 2 bridgehead atoms. The van der Waals surface area contributed by atoms with Gasteiger partial charge in [0.1, 0.15) is 12.2 Å². The fourth-order valence-electron chi connectivity index (χ4n) is 9.14. The molecule has 3 fully saturated rings. The van der Waals surface area contributed by atoms with Gasteiger partial charge in [0.2, 0.25) is 5.91 Å². The molecule has 0 aromatic heterocycles. The van der Waals surface area contributed by atoms with Crippen molar-refractivity contribution >= 4 is 11.9 Å². The number of nitrogens with two attached hydrogens (primary N) is 1. The summed E-state index contributed by atoms with van der Waals surface area (Å²) in [5.41, 5.74) is 9.01. The lowest BCUT2D eigenvalue weighted by atomic mass is 9.82. The van der Waals surface area contributed by atoms with E-state index in [0.717, 1.165) is 0 Å². The summed E-state index contributed by atoms with van der Waals surface area (Å²) in [5.74, 6) is -5.60. The molecule has 20 heteroatoms. The number of aliphatic hydroxyl groups is 10. The highest BCUT2D eigenvalue weighted by Crippen LogP contribution is 2.38. The number of carbonyl (C=O) groups excluding carboxylic acids is 2. The van der Waals surface area contributed by atoms with Crippen molar-refractivity contribution in [2.24, 2.45) is 23.5 Å². The van der Waals surface area contributed by atoms with Gasteiger partial charge in [-0.05, 0) is 40.2 Å². The third kappa shape index (κ3) is 20.0. The van der Waals surface area contributed by atoms with E-state index in [1.54, 1.807) is 68.3 Å². The van der Waals surface area contributed by atoms with Gasteiger partial charge in [0.05, 0.1) is 85.5 Å². The normalized spacial score (nSPS) is 44.0. The second kappa shape index (κ2) is 30.1. The van der Waals surface area contributed by atoms with Crippen LogP contribution in [0.15, 0.2) is 85.1 Å². The predicted molar refractivity (Wildman–Crippen MR) is 267 cm³/mol. The number of esters is 1. The summed E-state index contributed by atoms with van der Waals surface area (Å²) in [5, 5.41) is 112. The van der Waals surface area contributed by atoms with Crippen LogP contribution < -0.4 is 11.2 Å². The fraction of sp³-hybridized carbons (Fsp3) is 0.692. The standard InChI is InChI=1S/C52H84N4O16/c1-32-18-16-14-12-10-8-6-7-9-11-13-15-17-19-39(71-51-49(66)46(53)48(65)35(4)70-51)29-43-45(50(67)54-56-24-22-55(5)23-25-56)42(62)31-52(68,72-43)30-38(59)27-41(61)40(60)21-20-36(57)26-37(58)28-44(63)69-34(3)33(2)47(32)64/h6-19,32-43,45-49,51,57-62,64-66,68H,20-31,53H2,1-5H3,(H,54,67)/b7-6+,10-8+,11-9+,14-12+,15-13+,18-16-,19-17+/t32-,33-,34-,35+,36+,37+,38-,39-,40+,41+,42-,43-,45+,46-,47+,48+,49-,51-,52+/m0/s1. The number of ether oxygens (including phenoxy) is 4. The lowest BCUT2D eigenvalue weighted by Gasteiger charge is -2.46. The highest BCUT2D eigenvalue weighted by Gasteiger charge is 2.51. The van der Waals surface area contributed by atoms with E-state index in [1.165, 1.54) is 0 Å². The van der Waals surface area contributed by atoms with E-state index in [-0.39, 0.29) is 31.6 Å². The minimum atomic E-state index is -2.27. The number of hydrogen-bond acceptors (Lipinski definition) is 19. The summed E-state index contributed by atoms with van der Waals surface area (Å²) >= 11 is 0. The van der Waals surface area contributed by atoms with E-state index in [1.807, 2.05) is 56.5 Å².